The Hall–Kier alpha value is -1.71. The highest BCUT2D eigenvalue weighted by Crippen LogP contribution is 2.19. The Labute approximate surface area is 115 Å². The fourth-order valence-corrected chi connectivity index (χ4v) is 1.43. The molecule has 4 nitrogen and oxygen atoms in total. The normalized spacial score (nSPS) is 12.1. The predicted octanol–water partition coefficient (Wildman–Crippen LogP) is 3.64. The topological polar surface area (TPSA) is 50.4 Å². The number of ether oxygens (including phenoxy) is 1. The number of carbonyl (C=O) groups is 1. The molecule has 19 heavy (non-hydrogen) atoms. The van der Waals surface area contributed by atoms with Gasteiger partial charge in [-0.05, 0) is 31.4 Å². The molecule has 106 valence electrons. The Balaban J connectivity index is 2.54. The third-order valence-electron chi connectivity index (χ3n) is 2.67. The van der Waals surface area contributed by atoms with Crippen molar-refractivity contribution in [2.75, 3.05) is 11.9 Å². The van der Waals surface area contributed by atoms with Crippen molar-refractivity contribution in [3.63, 3.8) is 0 Å². The monoisotopic (exact) mass is 264 g/mol. The summed E-state index contributed by atoms with van der Waals surface area (Å²) < 4.78 is 5.71. The molecule has 0 spiro atoms. The molecule has 2 amide bonds. The number of amides is 2. The SMILES string of the molecule is CCC(C)Oc1cccc(NC(=O)NCC(C)C)c1. The van der Waals surface area contributed by atoms with E-state index in [4.69, 9.17) is 4.74 Å². The number of urea groups is 1. The molecule has 1 rings (SSSR count). The molecule has 4 heteroatoms. The summed E-state index contributed by atoms with van der Waals surface area (Å²) in [6.07, 6.45) is 1.12. The maximum Gasteiger partial charge on any atom is 0.319 e. The summed E-state index contributed by atoms with van der Waals surface area (Å²) in [7, 11) is 0. The second-order valence-electron chi connectivity index (χ2n) is 5.09. The van der Waals surface area contributed by atoms with Crippen LogP contribution in [0.5, 0.6) is 5.75 Å². The van der Waals surface area contributed by atoms with E-state index in [1.54, 1.807) is 0 Å². The van der Waals surface area contributed by atoms with Crippen LogP contribution >= 0.6 is 0 Å². The first-order chi connectivity index (χ1) is 9.01. The molecule has 0 bridgehead atoms. The van der Waals surface area contributed by atoms with Gasteiger partial charge in [-0.1, -0.05) is 26.8 Å². The Kier molecular flexibility index (Phi) is 6.19. The fraction of sp³-hybridized carbons (Fsp3) is 0.533. The molecule has 1 aromatic rings. The van der Waals surface area contributed by atoms with Crippen LogP contribution in [0.4, 0.5) is 10.5 Å². The Morgan fingerprint density at radius 3 is 2.68 bits per heavy atom. The third-order valence-corrected chi connectivity index (χ3v) is 2.67. The van der Waals surface area contributed by atoms with E-state index in [2.05, 4.69) is 31.4 Å². The standard InChI is InChI=1S/C15H24N2O2/c1-5-12(4)19-14-8-6-7-13(9-14)17-15(18)16-10-11(2)3/h6-9,11-12H,5,10H2,1-4H3,(H2,16,17,18). The van der Waals surface area contributed by atoms with Crippen molar-refractivity contribution in [1.29, 1.82) is 0 Å². The first kappa shape index (κ1) is 15.3. The van der Waals surface area contributed by atoms with Gasteiger partial charge in [0.25, 0.3) is 0 Å². The van der Waals surface area contributed by atoms with Gasteiger partial charge in [0.05, 0.1) is 6.10 Å². The van der Waals surface area contributed by atoms with E-state index >= 15 is 0 Å². The van der Waals surface area contributed by atoms with E-state index < -0.39 is 0 Å². The lowest BCUT2D eigenvalue weighted by molar-refractivity contribution is 0.217. The number of carbonyl (C=O) groups excluding carboxylic acids is 1. The van der Waals surface area contributed by atoms with Crippen LogP contribution in [0.2, 0.25) is 0 Å². The van der Waals surface area contributed by atoms with Crippen LogP contribution in [0, 0.1) is 5.92 Å². The molecule has 0 saturated heterocycles. The molecule has 1 atom stereocenters. The second kappa shape index (κ2) is 7.67. The zero-order chi connectivity index (χ0) is 14.3. The molecule has 0 fully saturated rings. The van der Waals surface area contributed by atoms with Gasteiger partial charge in [0.1, 0.15) is 5.75 Å². The molecule has 0 aliphatic carbocycles. The largest absolute Gasteiger partial charge is 0.491 e. The highest BCUT2D eigenvalue weighted by molar-refractivity contribution is 5.89. The van der Waals surface area contributed by atoms with Crippen LogP contribution in [0.25, 0.3) is 0 Å². The number of rotatable bonds is 6. The number of hydrogen-bond donors (Lipinski definition) is 2. The van der Waals surface area contributed by atoms with Gasteiger partial charge in [0, 0.05) is 18.3 Å². The summed E-state index contributed by atoms with van der Waals surface area (Å²) in [4.78, 5) is 11.6. The maximum atomic E-state index is 11.6. The summed E-state index contributed by atoms with van der Waals surface area (Å²) >= 11 is 0. The second-order valence-corrected chi connectivity index (χ2v) is 5.09. The van der Waals surface area contributed by atoms with Gasteiger partial charge in [0.15, 0.2) is 0 Å². The van der Waals surface area contributed by atoms with Crippen molar-refractivity contribution in [3.8, 4) is 5.75 Å². The van der Waals surface area contributed by atoms with E-state index in [0.29, 0.717) is 12.5 Å². The predicted molar refractivity (Wildman–Crippen MR) is 78.7 cm³/mol. The zero-order valence-corrected chi connectivity index (χ0v) is 12.2. The van der Waals surface area contributed by atoms with Gasteiger partial charge in [-0.3, -0.25) is 0 Å². The molecule has 0 aliphatic heterocycles. The van der Waals surface area contributed by atoms with E-state index in [1.807, 2.05) is 31.2 Å². The van der Waals surface area contributed by atoms with Gasteiger partial charge in [0.2, 0.25) is 0 Å². The van der Waals surface area contributed by atoms with Crippen molar-refractivity contribution in [3.05, 3.63) is 24.3 Å². The first-order valence-corrected chi connectivity index (χ1v) is 6.82. The zero-order valence-electron chi connectivity index (χ0n) is 12.2. The lowest BCUT2D eigenvalue weighted by Gasteiger charge is -2.14. The number of nitrogens with one attached hydrogen (secondary N) is 2. The summed E-state index contributed by atoms with van der Waals surface area (Å²) in [5.74, 6) is 1.21. The highest BCUT2D eigenvalue weighted by atomic mass is 16.5. The molecule has 0 radical (unpaired) electrons. The minimum absolute atomic E-state index is 0.171. The van der Waals surface area contributed by atoms with Crippen molar-refractivity contribution in [2.24, 2.45) is 5.92 Å². The van der Waals surface area contributed by atoms with Crippen LogP contribution < -0.4 is 15.4 Å². The van der Waals surface area contributed by atoms with Crippen molar-refractivity contribution in [1.82, 2.24) is 5.32 Å². The molecule has 2 N–H and O–H groups in total. The van der Waals surface area contributed by atoms with E-state index in [1.165, 1.54) is 0 Å². The summed E-state index contributed by atoms with van der Waals surface area (Å²) in [5.41, 5.74) is 0.738. The maximum absolute atomic E-state index is 11.6. The average Bonchev–Trinajstić information content (AvgIpc) is 2.36. The first-order valence-electron chi connectivity index (χ1n) is 6.82. The van der Waals surface area contributed by atoms with Crippen LogP contribution in [0.1, 0.15) is 34.1 Å². The third kappa shape index (κ3) is 6.13. The molecule has 0 aliphatic rings. The van der Waals surface area contributed by atoms with Crippen LogP contribution in [0.3, 0.4) is 0 Å². The number of hydrogen-bond acceptors (Lipinski definition) is 2. The molecule has 0 saturated carbocycles. The molecule has 0 aromatic heterocycles. The van der Waals surface area contributed by atoms with Crippen molar-refractivity contribution < 1.29 is 9.53 Å². The number of anilines is 1. The lowest BCUT2D eigenvalue weighted by atomic mass is 10.2. The molecule has 0 heterocycles. The van der Waals surface area contributed by atoms with E-state index in [-0.39, 0.29) is 12.1 Å². The van der Waals surface area contributed by atoms with Gasteiger partial charge in [-0.25, -0.2) is 4.79 Å². The quantitative estimate of drug-likeness (QED) is 0.824. The Bertz CT molecular complexity index is 405. The van der Waals surface area contributed by atoms with Gasteiger partial charge in [-0.15, -0.1) is 0 Å². The molecular formula is C15H24N2O2. The van der Waals surface area contributed by atoms with Gasteiger partial charge < -0.3 is 15.4 Å². The van der Waals surface area contributed by atoms with Crippen LogP contribution in [-0.2, 0) is 0 Å². The van der Waals surface area contributed by atoms with Gasteiger partial charge >= 0.3 is 6.03 Å². The van der Waals surface area contributed by atoms with Gasteiger partial charge in [-0.2, -0.15) is 0 Å². The average molecular weight is 264 g/mol. The lowest BCUT2D eigenvalue weighted by Crippen LogP contribution is -2.31. The van der Waals surface area contributed by atoms with Crippen LogP contribution in [-0.4, -0.2) is 18.7 Å². The summed E-state index contributed by atoms with van der Waals surface area (Å²) in [6, 6.07) is 7.26. The van der Waals surface area contributed by atoms with Crippen molar-refractivity contribution in [2.45, 2.75) is 40.2 Å². The number of benzene rings is 1. The van der Waals surface area contributed by atoms with E-state index in [0.717, 1.165) is 17.9 Å². The minimum atomic E-state index is -0.186. The smallest absolute Gasteiger partial charge is 0.319 e. The minimum Gasteiger partial charge on any atom is -0.491 e. The van der Waals surface area contributed by atoms with E-state index in [9.17, 15) is 4.79 Å². The highest BCUT2D eigenvalue weighted by Gasteiger charge is 2.05. The van der Waals surface area contributed by atoms with Crippen LogP contribution in [0.15, 0.2) is 24.3 Å². The Morgan fingerprint density at radius 1 is 1.32 bits per heavy atom. The molecule has 1 aromatic carbocycles. The molecular weight excluding hydrogens is 240 g/mol. The summed E-state index contributed by atoms with van der Waals surface area (Å²) in [6.45, 7) is 8.87. The fourth-order valence-electron chi connectivity index (χ4n) is 1.43. The molecule has 1 unspecified atom stereocenters. The summed E-state index contributed by atoms with van der Waals surface area (Å²) in [5, 5.41) is 5.61. The van der Waals surface area contributed by atoms with Crippen molar-refractivity contribution >= 4 is 11.7 Å². The Morgan fingerprint density at radius 2 is 2.05 bits per heavy atom.